The van der Waals surface area contributed by atoms with E-state index in [1.807, 2.05) is 12.4 Å². The molecule has 3 heterocycles. The summed E-state index contributed by atoms with van der Waals surface area (Å²) in [5.74, 6) is 1.40. The maximum absolute atomic E-state index is 13.2. The topological polar surface area (TPSA) is 99.4 Å². The molecule has 7 nitrogen and oxygen atoms in total. The fraction of sp³-hybridized carbons (Fsp3) is 0.630. The maximum Gasteiger partial charge on any atom is 0.227 e. The highest BCUT2D eigenvalue weighted by Gasteiger charge is 2.32. The van der Waals surface area contributed by atoms with Crippen molar-refractivity contribution < 1.29 is 4.79 Å². The van der Waals surface area contributed by atoms with Crippen LogP contribution >= 0.6 is 0 Å². The van der Waals surface area contributed by atoms with Crippen molar-refractivity contribution in [3.8, 4) is 6.07 Å². The molecule has 2 fully saturated rings. The van der Waals surface area contributed by atoms with E-state index in [1.165, 1.54) is 12.8 Å². The molecule has 2 aliphatic carbocycles. The van der Waals surface area contributed by atoms with Crippen molar-refractivity contribution in [1.29, 1.82) is 5.26 Å². The molecule has 2 N–H and O–H groups in total. The number of nitrogens with zero attached hydrogens (tertiary/aromatic N) is 4. The van der Waals surface area contributed by atoms with Crippen molar-refractivity contribution in [2.45, 2.75) is 101 Å². The first-order valence-electron chi connectivity index (χ1n) is 13.3. The van der Waals surface area contributed by atoms with Crippen LogP contribution < -0.4 is 5.32 Å². The molecule has 0 aromatic carbocycles. The van der Waals surface area contributed by atoms with Crippen molar-refractivity contribution in [1.82, 2.24) is 24.8 Å². The lowest BCUT2D eigenvalue weighted by Gasteiger charge is -2.36. The van der Waals surface area contributed by atoms with Gasteiger partial charge < -0.3 is 14.9 Å². The summed E-state index contributed by atoms with van der Waals surface area (Å²) < 4.78 is 2.33. The smallest absolute Gasteiger partial charge is 0.227 e. The summed E-state index contributed by atoms with van der Waals surface area (Å²) in [6.45, 7) is 7.39. The molecule has 0 aliphatic heterocycles. The second-order valence-electron chi connectivity index (χ2n) is 11.8. The summed E-state index contributed by atoms with van der Waals surface area (Å²) in [6.07, 6.45) is 13.5. The van der Waals surface area contributed by atoms with Crippen LogP contribution in [0.15, 0.2) is 18.5 Å². The van der Waals surface area contributed by atoms with Crippen molar-refractivity contribution in [2.75, 3.05) is 0 Å². The first-order chi connectivity index (χ1) is 16.8. The van der Waals surface area contributed by atoms with Crippen LogP contribution in [0.25, 0.3) is 22.1 Å². The number of carbonyl (C=O) groups excluding carboxylic acids is 1. The van der Waals surface area contributed by atoms with Crippen molar-refractivity contribution in [3.05, 3.63) is 24.3 Å². The van der Waals surface area contributed by atoms with Crippen LogP contribution in [0.5, 0.6) is 0 Å². The van der Waals surface area contributed by atoms with Gasteiger partial charge in [0.15, 0.2) is 0 Å². The summed E-state index contributed by atoms with van der Waals surface area (Å²) in [7, 11) is -1.11. The number of nitrogens with one attached hydrogen (secondary N) is 2. The van der Waals surface area contributed by atoms with Crippen molar-refractivity contribution in [2.24, 2.45) is 5.92 Å². The number of aromatic amines is 1. The molecule has 35 heavy (non-hydrogen) atoms. The van der Waals surface area contributed by atoms with Crippen LogP contribution in [0, 0.1) is 17.2 Å². The van der Waals surface area contributed by atoms with E-state index in [-0.39, 0.29) is 11.9 Å². The monoisotopic (exact) mass is 490 g/mol. The van der Waals surface area contributed by atoms with E-state index in [0.29, 0.717) is 24.8 Å². The molecule has 0 saturated heterocycles. The zero-order valence-electron chi connectivity index (χ0n) is 21.3. The molecular weight excluding hydrogens is 452 g/mol. The summed E-state index contributed by atoms with van der Waals surface area (Å²) in [6, 6.07) is 4.98. The van der Waals surface area contributed by atoms with E-state index < -0.39 is 8.07 Å². The zero-order chi connectivity index (χ0) is 24.6. The maximum atomic E-state index is 13.2. The van der Waals surface area contributed by atoms with E-state index >= 15 is 0 Å². The van der Waals surface area contributed by atoms with Gasteiger partial charge in [-0.15, -0.1) is 0 Å². The molecule has 0 atom stereocenters. The molecule has 0 spiro atoms. The standard InChI is InChI=1S/C27H38N6OSi/c1-35(2,3)21-10-6-19(7-11-21)31-25(34)16-24-32-23-17-30-27-22(13-15-29-27)26(23)33(24)20-8-4-18(5-9-20)12-14-28/h13,15,17-21H,4-12,16H2,1-3H3,(H,29,30)(H,31,34)/t18-,19-,20-,21-. The van der Waals surface area contributed by atoms with E-state index in [1.54, 1.807) is 0 Å². The average Bonchev–Trinajstić information content (AvgIpc) is 3.43. The number of nitriles is 1. The number of fused-ring (bicyclic) bond motifs is 3. The Labute approximate surface area is 208 Å². The lowest BCUT2D eigenvalue weighted by molar-refractivity contribution is -0.121. The molecule has 8 heteroatoms. The van der Waals surface area contributed by atoms with Gasteiger partial charge in [0, 0.05) is 38.2 Å². The fourth-order valence-electron chi connectivity index (χ4n) is 6.42. The minimum Gasteiger partial charge on any atom is -0.353 e. The Kier molecular flexibility index (Phi) is 6.71. The third-order valence-electron chi connectivity index (χ3n) is 8.50. The molecule has 3 aromatic heterocycles. The molecule has 186 valence electrons. The van der Waals surface area contributed by atoms with Crippen LogP contribution in [0.3, 0.4) is 0 Å². The van der Waals surface area contributed by atoms with E-state index in [4.69, 9.17) is 10.2 Å². The SMILES string of the molecule is C[Si](C)(C)[C@H]1CC[C@H](NC(=O)Cc2nc3cnc4[nH]ccc4c3n2[C@H]2CC[C@H](CC#N)CC2)CC1. The van der Waals surface area contributed by atoms with E-state index in [9.17, 15) is 4.79 Å². The summed E-state index contributed by atoms with van der Waals surface area (Å²) >= 11 is 0. The number of H-pyrrole nitrogens is 1. The third kappa shape index (κ3) is 5.01. The number of aromatic nitrogens is 4. The van der Waals surface area contributed by atoms with Gasteiger partial charge >= 0.3 is 0 Å². The molecule has 0 bridgehead atoms. The number of hydrogen-bond acceptors (Lipinski definition) is 4. The van der Waals surface area contributed by atoms with Gasteiger partial charge in [-0.2, -0.15) is 5.26 Å². The lowest BCUT2D eigenvalue weighted by Crippen LogP contribution is -2.41. The van der Waals surface area contributed by atoms with Gasteiger partial charge in [0.2, 0.25) is 5.91 Å². The highest BCUT2D eigenvalue weighted by molar-refractivity contribution is 6.77. The first-order valence-corrected chi connectivity index (χ1v) is 16.9. The van der Waals surface area contributed by atoms with Crippen LogP contribution in [-0.2, 0) is 11.2 Å². The zero-order valence-corrected chi connectivity index (χ0v) is 22.3. The van der Waals surface area contributed by atoms with Gasteiger partial charge in [-0.3, -0.25) is 4.79 Å². The number of amides is 1. The van der Waals surface area contributed by atoms with E-state index in [0.717, 1.165) is 72.0 Å². The molecule has 3 aromatic rings. The van der Waals surface area contributed by atoms with Crippen molar-refractivity contribution in [3.63, 3.8) is 0 Å². The third-order valence-corrected chi connectivity index (χ3v) is 11.5. The van der Waals surface area contributed by atoms with Gasteiger partial charge in [-0.1, -0.05) is 32.5 Å². The van der Waals surface area contributed by atoms with Crippen LogP contribution in [-0.4, -0.2) is 39.5 Å². The highest BCUT2D eigenvalue weighted by atomic mass is 28.3. The number of hydrogen-bond donors (Lipinski definition) is 2. The Morgan fingerprint density at radius 3 is 2.60 bits per heavy atom. The molecule has 5 rings (SSSR count). The van der Waals surface area contributed by atoms with E-state index in [2.05, 4.69) is 51.6 Å². The Morgan fingerprint density at radius 2 is 1.91 bits per heavy atom. The first kappa shape index (κ1) is 24.0. The van der Waals surface area contributed by atoms with Crippen LogP contribution in [0.2, 0.25) is 25.2 Å². The van der Waals surface area contributed by atoms with Crippen LogP contribution in [0.4, 0.5) is 0 Å². The van der Waals surface area contributed by atoms with Gasteiger partial charge in [0.1, 0.15) is 17.0 Å². The highest BCUT2D eigenvalue weighted by Crippen LogP contribution is 2.39. The lowest BCUT2D eigenvalue weighted by atomic mass is 9.84. The number of carbonyl (C=O) groups is 1. The quantitative estimate of drug-likeness (QED) is 0.422. The van der Waals surface area contributed by atoms with Gasteiger partial charge in [-0.05, 0) is 56.1 Å². The van der Waals surface area contributed by atoms with Crippen molar-refractivity contribution >= 4 is 36.0 Å². The Balaban J connectivity index is 1.36. The largest absolute Gasteiger partial charge is 0.353 e. The molecular formula is C27H38N6OSi. The summed E-state index contributed by atoms with van der Waals surface area (Å²) in [5, 5.41) is 13.5. The molecule has 0 radical (unpaired) electrons. The predicted molar refractivity (Wildman–Crippen MR) is 142 cm³/mol. The Hall–Kier alpha value is -2.66. The Morgan fingerprint density at radius 1 is 1.17 bits per heavy atom. The molecule has 2 saturated carbocycles. The molecule has 2 aliphatic rings. The van der Waals surface area contributed by atoms with Gasteiger partial charge in [0.05, 0.1) is 24.2 Å². The number of rotatable bonds is 6. The average molecular weight is 491 g/mol. The minimum absolute atomic E-state index is 0.0782. The fourth-order valence-corrected chi connectivity index (χ4v) is 8.49. The number of imidazole rings is 1. The van der Waals surface area contributed by atoms with Gasteiger partial charge in [0.25, 0.3) is 0 Å². The Bertz CT molecular complexity index is 1230. The van der Waals surface area contributed by atoms with Crippen LogP contribution in [0.1, 0.15) is 69.7 Å². The predicted octanol–water partition coefficient (Wildman–Crippen LogP) is 5.87. The number of pyridine rings is 1. The second kappa shape index (κ2) is 9.77. The van der Waals surface area contributed by atoms with Gasteiger partial charge in [-0.25, -0.2) is 9.97 Å². The molecule has 1 amide bonds. The normalized spacial score (nSPS) is 25.5. The second-order valence-corrected chi connectivity index (χ2v) is 17.4. The molecule has 0 unspecified atom stereocenters. The minimum atomic E-state index is -1.11. The summed E-state index contributed by atoms with van der Waals surface area (Å²) in [5.41, 5.74) is 3.66. The summed E-state index contributed by atoms with van der Waals surface area (Å²) in [4.78, 5) is 25.9.